The number of rotatable bonds is 8. The zero-order chi connectivity index (χ0) is 19.6. The van der Waals surface area contributed by atoms with E-state index in [0.29, 0.717) is 18.4 Å². The van der Waals surface area contributed by atoms with Crippen LogP contribution in [0.2, 0.25) is 0 Å². The van der Waals surface area contributed by atoms with Crippen molar-refractivity contribution in [1.29, 1.82) is 0 Å². The van der Waals surface area contributed by atoms with Crippen molar-refractivity contribution in [2.75, 3.05) is 6.54 Å². The number of ketones is 1. The first kappa shape index (κ1) is 18.3. The summed E-state index contributed by atoms with van der Waals surface area (Å²) in [7, 11) is 0. The van der Waals surface area contributed by atoms with Crippen LogP contribution in [-0.2, 0) is 6.42 Å². The molecule has 0 aromatic heterocycles. The van der Waals surface area contributed by atoms with Crippen LogP contribution in [0.4, 0.5) is 0 Å². The van der Waals surface area contributed by atoms with E-state index in [9.17, 15) is 4.79 Å². The molecule has 0 heterocycles. The quantitative estimate of drug-likeness (QED) is 0.512. The highest BCUT2D eigenvalue weighted by molar-refractivity contribution is 5.97. The number of benzene rings is 3. The van der Waals surface area contributed by atoms with Gasteiger partial charge in [0.1, 0.15) is 0 Å². The number of carbonyl (C=O) groups excluding carboxylic acids is 1. The van der Waals surface area contributed by atoms with E-state index in [1.54, 1.807) is 0 Å². The third-order valence-electron chi connectivity index (χ3n) is 6.19. The Morgan fingerprint density at radius 3 is 2.48 bits per heavy atom. The van der Waals surface area contributed by atoms with Crippen molar-refractivity contribution in [3.63, 3.8) is 0 Å². The summed E-state index contributed by atoms with van der Waals surface area (Å²) in [6.45, 7) is 1.16. The monoisotopic (exact) mass is 381 g/mol. The van der Waals surface area contributed by atoms with Gasteiger partial charge in [-0.05, 0) is 60.0 Å². The van der Waals surface area contributed by atoms with Gasteiger partial charge < -0.3 is 5.32 Å². The highest BCUT2D eigenvalue weighted by atomic mass is 16.1. The van der Waals surface area contributed by atoms with Crippen LogP contribution in [0.15, 0.2) is 78.9 Å². The lowest BCUT2D eigenvalue weighted by Gasteiger charge is -2.08. The van der Waals surface area contributed by atoms with Crippen LogP contribution < -0.4 is 5.32 Å². The third-order valence-corrected chi connectivity index (χ3v) is 6.19. The first-order valence-electron chi connectivity index (χ1n) is 10.8. The van der Waals surface area contributed by atoms with Gasteiger partial charge in [-0.3, -0.25) is 4.79 Å². The van der Waals surface area contributed by atoms with Crippen molar-refractivity contribution >= 4 is 5.78 Å². The van der Waals surface area contributed by atoms with Gasteiger partial charge in [0.25, 0.3) is 0 Å². The molecule has 3 aromatic carbocycles. The largest absolute Gasteiger partial charge is 0.313 e. The van der Waals surface area contributed by atoms with Gasteiger partial charge in [-0.2, -0.15) is 0 Å². The Balaban J connectivity index is 1.25. The second kappa shape index (κ2) is 7.96. The van der Waals surface area contributed by atoms with E-state index in [-0.39, 0.29) is 5.78 Å². The van der Waals surface area contributed by atoms with Crippen molar-refractivity contribution in [3.8, 4) is 11.1 Å². The molecule has 0 amide bonds. The second-order valence-electron chi connectivity index (χ2n) is 8.59. The standard InChI is InChI=1S/C27H27NO/c29-27(15-20-6-4-9-22(14-20)21-7-2-1-3-8-21)24-11-5-10-23(16-24)25-17-26(25)28-18-19-12-13-19/h1-11,14,16,19,25-26,28H,12-13,15,17-18H2. The average Bonchev–Trinajstić information content (AvgIpc) is 3.68. The van der Waals surface area contributed by atoms with Gasteiger partial charge in [0.2, 0.25) is 0 Å². The van der Waals surface area contributed by atoms with Crippen molar-refractivity contribution < 1.29 is 4.79 Å². The van der Waals surface area contributed by atoms with Gasteiger partial charge in [0, 0.05) is 23.9 Å². The molecule has 146 valence electrons. The molecular formula is C27H27NO. The smallest absolute Gasteiger partial charge is 0.167 e. The summed E-state index contributed by atoms with van der Waals surface area (Å²) in [5.41, 5.74) is 5.55. The van der Waals surface area contributed by atoms with Gasteiger partial charge >= 0.3 is 0 Å². The van der Waals surface area contributed by atoms with Gasteiger partial charge in [-0.25, -0.2) is 0 Å². The SMILES string of the molecule is O=C(Cc1cccc(-c2ccccc2)c1)c1cccc(C2CC2NCC2CC2)c1. The van der Waals surface area contributed by atoms with E-state index in [2.05, 4.69) is 41.7 Å². The lowest BCUT2D eigenvalue weighted by Crippen LogP contribution is -2.20. The van der Waals surface area contributed by atoms with Gasteiger partial charge in [0.15, 0.2) is 5.78 Å². The van der Waals surface area contributed by atoms with Crippen molar-refractivity contribution in [3.05, 3.63) is 95.6 Å². The van der Waals surface area contributed by atoms with Gasteiger partial charge in [-0.15, -0.1) is 0 Å². The molecule has 0 aliphatic heterocycles. The fourth-order valence-corrected chi connectivity index (χ4v) is 4.15. The summed E-state index contributed by atoms with van der Waals surface area (Å²) in [5.74, 6) is 1.68. The van der Waals surface area contributed by atoms with E-state index in [1.165, 1.54) is 30.4 Å². The number of Topliss-reactive ketones (excluding diaryl/α,β-unsaturated/α-hetero) is 1. The van der Waals surface area contributed by atoms with E-state index >= 15 is 0 Å². The average molecular weight is 382 g/mol. The molecule has 2 heteroatoms. The van der Waals surface area contributed by atoms with Crippen LogP contribution in [0.5, 0.6) is 0 Å². The van der Waals surface area contributed by atoms with E-state index in [4.69, 9.17) is 0 Å². The minimum Gasteiger partial charge on any atom is -0.313 e. The van der Waals surface area contributed by atoms with Crippen LogP contribution in [0, 0.1) is 5.92 Å². The Labute approximate surface area is 173 Å². The van der Waals surface area contributed by atoms with E-state index < -0.39 is 0 Å². The number of nitrogens with one attached hydrogen (secondary N) is 1. The first-order chi connectivity index (χ1) is 14.3. The molecule has 2 aliphatic rings. The third kappa shape index (κ3) is 4.49. The molecule has 0 saturated heterocycles. The molecule has 1 N–H and O–H groups in total. The highest BCUT2D eigenvalue weighted by Crippen LogP contribution is 2.42. The summed E-state index contributed by atoms with van der Waals surface area (Å²) in [6, 6.07) is 27.5. The molecule has 0 radical (unpaired) electrons. The topological polar surface area (TPSA) is 29.1 Å². The molecule has 2 atom stereocenters. The minimum absolute atomic E-state index is 0.195. The Hall–Kier alpha value is -2.71. The maximum atomic E-state index is 12.9. The van der Waals surface area contributed by atoms with Crippen molar-refractivity contribution in [2.24, 2.45) is 5.92 Å². The number of hydrogen-bond acceptors (Lipinski definition) is 2. The molecule has 2 aliphatic carbocycles. The molecular weight excluding hydrogens is 354 g/mol. The predicted octanol–water partition coefficient (Wildman–Crippen LogP) is 5.63. The van der Waals surface area contributed by atoms with Gasteiger partial charge in [-0.1, -0.05) is 72.8 Å². The first-order valence-corrected chi connectivity index (χ1v) is 10.8. The molecule has 2 saturated carbocycles. The number of hydrogen-bond donors (Lipinski definition) is 1. The summed E-state index contributed by atoms with van der Waals surface area (Å²) in [5, 5.41) is 3.69. The molecule has 29 heavy (non-hydrogen) atoms. The van der Waals surface area contributed by atoms with Crippen LogP contribution in [0.1, 0.15) is 46.7 Å². The number of carbonyl (C=O) groups is 1. The molecule has 5 rings (SSSR count). The van der Waals surface area contributed by atoms with Crippen LogP contribution >= 0.6 is 0 Å². The Bertz CT molecular complexity index is 1010. The van der Waals surface area contributed by atoms with E-state index in [1.807, 2.05) is 42.5 Å². The molecule has 2 unspecified atom stereocenters. The predicted molar refractivity (Wildman–Crippen MR) is 118 cm³/mol. The molecule has 2 fully saturated rings. The Morgan fingerprint density at radius 1 is 0.862 bits per heavy atom. The van der Waals surface area contributed by atoms with E-state index in [0.717, 1.165) is 29.2 Å². The second-order valence-corrected chi connectivity index (χ2v) is 8.59. The fraction of sp³-hybridized carbons (Fsp3) is 0.296. The molecule has 2 nitrogen and oxygen atoms in total. The van der Waals surface area contributed by atoms with Crippen LogP contribution in [0.25, 0.3) is 11.1 Å². The minimum atomic E-state index is 0.195. The zero-order valence-electron chi connectivity index (χ0n) is 16.7. The van der Waals surface area contributed by atoms with Crippen LogP contribution in [0.3, 0.4) is 0 Å². The summed E-state index contributed by atoms with van der Waals surface area (Å²) < 4.78 is 0. The summed E-state index contributed by atoms with van der Waals surface area (Å²) in [4.78, 5) is 12.9. The lowest BCUT2D eigenvalue weighted by atomic mass is 9.97. The zero-order valence-corrected chi connectivity index (χ0v) is 16.7. The highest BCUT2D eigenvalue weighted by Gasteiger charge is 2.39. The Kier molecular flexibility index (Phi) is 5.03. The molecule has 0 spiro atoms. The Morgan fingerprint density at radius 2 is 1.66 bits per heavy atom. The normalized spacial score (nSPS) is 20.4. The maximum absolute atomic E-state index is 12.9. The fourth-order valence-electron chi connectivity index (χ4n) is 4.15. The molecule has 0 bridgehead atoms. The van der Waals surface area contributed by atoms with Crippen LogP contribution in [-0.4, -0.2) is 18.4 Å². The maximum Gasteiger partial charge on any atom is 0.167 e. The lowest BCUT2D eigenvalue weighted by molar-refractivity contribution is 0.0993. The molecule has 3 aromatic rings. The summed E-state index contributed by atoms with van der Waals surface area (Å²) >= 11 is 0. The van der Waals surface area contributed by atoms with Crippen molar-refractivity contribution in [2.45, 2.75) is 37.6 Å². The van der Waals surface area contributed by atoms with Crippen molar-refractivity contribution in [1.82, 2.24) is 5.32 Å². The van der Waals surface area contributed by atoms with Gasteiger partial charge in [0.05, 0.1) is 0 Å². The summed E-state index contributed by atoms with van der Waals surface area (Å²) in [6.07, 6.45) is 4.42.